The summed E-state index contributed by atoms with van der Waals surface area (Å²) in [7, 11) is -0.340. The summed E-state index contributed by atoms with van der Waals surface area (Å²) in [5, 5.41) is 1.19. The molecule has 1 N–H and O–H groups in total. The third kappa shape index (κ3) is 8.31. The normalized spacial score (nSPS) is 15.3. The highest BCUT2D eigenvalue weighted by Crippen LogP contribution is 2.42. The minimum Gasteiger partial charge on any atom is -0.361 e. The van der Waals surface area contributed by atoms with Gasteiger partial charge in [0, 0.05) is 29.7 Å². The quantitative estimate of drug-likeness (QED) is 0.192. The molecule has 0 saturated carbocycles. The van der Waals surface area contributed by atoms with E-state index in [4.69, 9.17) is 39.5 Å². The van der Waals surface area contributed by atoms with Gasteiger partial charge in [0.05, 0.1) is 31.9 Å². The summed E-state index contributed by atoms with van der Waals surface area (Å²) >= 11 is 17.3. The monoisotopic (exact) mass is 613 g/mol. The van der Waals surface area contributed by atoms with Gasteiger partial charge in [0.1, 0.15) is 18.0 Å². The van der Waals surface area contributed by atoms with Crippen molar-refractivity contribution < 1.29 is 44.5 Å². The summed E-state index contributed by atoms with van der Waals surface area (Å²) in [6.45, 7) is 0. The van der Waals surface area contributed by atoms with E-state index in [1.165, 1.54) is 6.26 Å². The second-order valence-corrected chi connectivity index (χ2v) is 10.2. The van der Waals surface area contributed by atoms with E-state index in [0.29, 0.717) is 12.1 Å². The second-order valence-electron chi connectivity index (χ2n) is 7.53. The second kappa shape index (κ2) is 12.3. The number of amides is 1. The van der Waals surface area contributed by atoms with E-state index in [-0.39, 0.29) is 33.0 Å². The predicted octanol–water partition coefficient (Wildman–Crippen LogP) is 7.40. The molecule has 0 bridgehead atoms. The molecule has 0 saturated heterocycles. The fraction of sp³-hybridized carbons (Fsp3) is 0.318. The average molecular weight is 615 g/mol. The highest BCUT2D eigenvalue weighted by atomic mass is 35.5. The van der Waals surface area contributed by atoms with Gasteiger partial charge in [0.25, 0.3) is 5.91 Å². The summed E-state index contributed by atoms with van der Waals surface area (Å²) < 4.78 is 113. The van der Waals surface area contributed by atoms with Crippen LogP contribution in [0.3, 0.4) is 0 Å². The van der Waals surface area contributed by atoms with Crippen molar-refractivity contribution in [1.29, 1.82) is 0 Å². The maximum absolute atomic E-state index is 14.9. The number of alkyl halides is 6. The smallest absolute Gasteiger partial charge is 0.361 e. The molecule has 0 radical (unpaired) electrons. The standard InChI is InChI=1S/C22H17Cl3F7NO3S/c1-36-18(9-37(2)35)33-20(34)12-4-3-10(5-14(12)22(30,31)32)17(26)8-13(21(27,28)29)11-6-15(23)19(25)16(24)7-11/h3-8,13,18H,9H2,1-2H3,(H,33,34)/b17-8-. The zero-order valence-electron chi connectivity index (χ0n) is 18.7. The minimum absolute atomic E-state index is 0.0582. The van der Waals surface area contributed by atoms with Crippen LogP contribution in [0.2, 0.25) is 15.1 Å². The lowest BCUT2D eigenvalue weighted by Gasteiger charge is -2.20. The van der Waals surface area contributed by atoms with Crippen LogP contribution in [0, 0.1) is 0 Å². The molecular weight excluding hydrogens is 598 g/mol. The van der Waals surface area contributed by atoms with Gasteiger partial charge in [-0.15, -0.1) is 0 Å². The van der Waals surface area contributed by atoms with Crippen molar-refractivity contribution in [2.45, 2.75) is 24.5 Å². The molecule has 0 fully saturated rings. The summed E-state index contributed by atoms with van der Waals surface area (Å²) in [6.07, 6.45) is -10.1. The van der Waals surface area contributed by atoms with E-state index in [2.05, 4.69) is 5.32 Å². The fourth-order valence-corrected chi connectivity index (χ4v) is 4.37. The lowest BCUT2D eigenvalue weighted by molar-refractivity contribution is -0.140. The molecule has 2 rings (SSSR count). The molecule has 2 aromatic carbocycles. The van der Waals surface area contributed by atoms with Crippen LogP contribution < -0.4 is 5.32 Å². The molecule has 0 aliphatic heterocycles. The zero-order valence-corrected chi connectivity index (χ0v) is 21.8. The minimum atomic E-state index is -5.18. The maximum Gasteiger partial charge on any atom is 0.417 e. The SMILES string of the molecule is COC(CS(C)=O)NC(=O)c1ccc(/C(F)=C/C(c2cc(Cl)c(Cl)c(Cl)c2)C(F)(F)F)cc1C(F)(F)F. The highest BCUT2D eigenvalue weighted by molar-refractivity contribution is 7.84. The molecule has 4 nitrogen and oxygen atoms in total. The number of carbonyl (C=O) groups is 1. The highest BCUT2D eigenvalue weighted by Gasteiger charge is 2.41. The molecule has 0 spiro atoms. The number of nitrogens with one attached hydrogen (secondary N) is 1. The average Bonchev–Trinajstić information content (AvgIpc) is 2.77. The van der Waals surface area contributed by atoms with Gasteiger partial charge in [0.2, 0.25) is 0 Å². The molecule has 1 amide bonds. The third-order valence-corrected chi connectivity index (χ3v) is 6.81. The van der Waals surface area contributed by atoms with Gasteiger partial charge < -0.3 is 10.1 Å². The zero-order chi connectivity index (χ0) is 28.3. The molecule has 0 heterocycles. The molecule has 0 aliphatic rings. The largest absolute Gasteiger partial charge is 0.417 e. The van der Waals surface area contributed by atoms with E-state index >= 15 is 0 Å². The number of hydrogen-bond donors (Lipinski definition) is 1. The first-order valence-corrected chi connectivity index (χ1v) is 12.8. The van der Waals surface area contributed by atoms with E-state index in [1.807, 2.05) is 0 Å². The van der Waals surface area contributed by atoms with Crippen LogP contribution in [-0.4, -0.2) is 41.6 Å². The number of ether oxygens (including phenoxy) is 1. The summed E-state index contributed by atoms with van der Waals surface area (Å²) in [6, 6.07) is 3.14. The number of methoxy groups -OCH3 is 1. The Hall–Kier alpha value is -1.86. The predicted molar refractivity (Wildman–Crippen MR) is 128 cm³/mol. The van der Waals surface area contributed by atoms with E-state index in [0.717, 1.165) is 19.2 Å². The number of rotatable bonds is 8. The Morgan fingerprint density at radius 1 is 1.08 bits per heavy atom. The first-order valence-electron chi connectivity index (χ1n) is 9.89. The Morgan fingerprint density at radius 3 is 2.11 bits per heavy atom. The van der Waals surface area contributed by atoms with E-state index in [1.54, 1.807) is 0 Å². The number of hydrogen-bond acceptors (Lipinski definition) is 3. The Bertz CT molecular complexity index is 1200. The topological polar surface area (TPSA) is 55.4 Å². The fourth-order valence-electron chi connectivity index (χ4n) is 3.11. The van der Waals surface area contributed by atoms with Crippen LogP contribution in [0.15, 0.2) is 36.4 Å². The molecule has 15 heteroatoms. The molecule has 0 aromatic heterocycles. The summed E-state index contributed by atoms with van der Waals surface area (Å²) in [5.41, 5.74) is -4.04. The Morgan fingerprint density at radius 2 is 1.65 bits per heavy atom. The molecule has 37 heavy (non-hydrogen) atoms. The van der Waals surface area contributed by atoms with E-state index < -0.39 is 69.3 Å². The van der Waals surface area contributed by atoms with Crippen molar-refractivity contribution in [2.75, 3.05) is 19.1 Å². The van der Waals surface area contributed by atoms with Gasteiger partial charge in [-0.3, -0.25) is 9.00 Å². The van der Waals surface area contributed by atoms with Crippen molar-refractivity contribution in [3.8, 4) is 0 Å². The van der Waals surface area contributed by atoms with Crippen LogP contribution in [0.4, 0.5) is 30.7 Å². The van der Waals surface area contributed by atoms with Gasteiger partial charge in [-0.1, -0.05) is 40.9 Å². The Labute approximate surface area is 224 Å². The van der Waals surface area contributed by atoms with Gasteiger partial charge >= 0.3 is 12.4 Å². The van der Waals surface area contributed by atoms with Crippen LogP contribution in [0.25, 0.3) is 5.83 Å². The number of benzene rings is 2. The van der Waals surface area contributed by atoms with Crippen LogP contribution in [-0.2, 0) is 21.7 Å². The lowest BCUT2D eigenvalue weighted by Crippen LogP contribution is -2.40. The molecule has 204 valence electrons. The third-order valence-electron chi connectivity index (χ3n) is 4.84. The summed E-state index contributed by atoms with van der Waals surface area (Å²) in [5.74, 6) is -5.80. The van der Waals surface area contributed by atoms with Crippen LogP contribution >= 0.6 is 34.8 Å². The van der Waals surface area contributed by atoms with Crippen molar-refractivity contribution in [2.24, 2.45) is 0 Å². The first-order chi connectivity index (χ1) is 16.9. The van der Waals surface area contributed by atoms with Crippen molar-refractivity contribution in [3.05, 3.63) is 73.7 Å². The molecule has 3 unspecified atom stereocenters. The van der Waals surface area contributed by atoms with Gasteiger partial charge in [-0.25, -0.2) is 4.39 Å². The molecule has 2 aromatic rings. The van der Waals surface area contributed by atoms with Gasteiger partial charge in [-0.05, 0) is 35.9 Å². The summed E-state index contributed by atoms with van der Waals surface area (Å²) in [4.78, 5) is 12.4. The molecule has 0 aliphatic carbocycles. The number of halogens is 10. The van der Waals surface area contributed by atoms with Crippen molar-refractivity contribution in [1.82, 2.24) is 5.32 Å². The Kier molecular flexibility index (Phi) is 10.5. The van der Waals surface area contributed by atoms with Crippen LogP contribution in [0.5, 0.6) is 0 Å². The molecule has 3 atom stereocenters. The Balaban J connectivity index is 2.55. The lowest BCUT2D eigenvalue weighted by atomic mass is 9.95. The van der Waals surface area contributed by atoms with Crippen LogP contribution in [0.1, 0.15) is 33.0 Å². The number of carbonyl (C=O) groups excluding carboxylic acids is 1. The number of allylic oxidation sites excluding steroid dienone is 1. The van der Waals surface area contributed by atoms with Crippen molar-refractivity contribution in [3.63, 3.8) is 0 Å². The van der Waals surface area contributed by atoms with E-state index in [9.17, 15) is 39.7 Å². The maximum atomic E-state index is 14.9. The van der Waals surface area contributed by atoms with Crippen molar-refractivity contribution >= 4 is 57.3 Å². The van der Waals surface area contributed by atoms with Gasteiger partial charge in [0.15, 0.2) is 0 Å². The van der Waals surface area contributed by atoms with Gasteiger partial charge in [-0.2, -0.15) is 26.3 Å². The molecular formula is C22H17Cl3F7NO3S. The first kappa shape index (κ1) is 31.4.